The van der Waals surface area contributed by atoms with Crippen molar-refractivity contribution in [2.24, 2.45) is 0 Å². The van der Waals surface area contributed by atoms with Gasteiger partial charge in [-0.25, -0.2) is 17.9 Å². The summed E-state index contributed by atoms with van der Waals surface area (Å²) in [5.41, 5.74) is 2.94. The van der Waals surface area contributed by atoms with Crippen molar-refractivity contribution in [1.29, 1.82) is 0 Å². The number of halogens is 2. The molecule has 4 rings (SSSR count). The Morgan fingerprint density at radius 2 is 1.46 bits per heavy atom. The Kier molecular flexibility index (Phi) is 13.9. The lowest BCUT2D eigenvalue weighted by molar-refractivity contribution is -0.116. The van der Waals surface area contributed by atoms with Crippen molar-refractivity contribution in [2.75, 3.05) is 23.8 Å². The number of hydrogen-bond donors (Lipinski definition) is 2. The summed E-state index contributed by atoms with van der Waals surface area (Å²) in [5.74, 6) is -0.927. The minimum atomic E-state index is -4.26. The predicted molar refractivity (Wildman–Crippen MR) is 201 cm³/mol. The molecule has 0 aliphatic rings. The Hall–Kier alpha value is -4.38. The molecule has 0 aromatic heterocycles. The first-order valence-corrected chi connectivity index (χ1v) is 18.8. The third-order valence-corrected chi connectivity index (χ3v) is 10.1. The molecule has 2 N–H and O–H groups in total. The molecule has 4 amide bonds. The van der Waals surface area contributed by atoms with Gasteiger partial charge in [0.2, 0.25) is 5.91 Å². The van der Waals surface area contributed by atoms with Gasteiger partial charge in [0.15, 0.2) is 0 Å². The van der Waals surface area contributed by atoms with E-state index in [4.69, 9.17) is 23.2 Å². The second-order valence-corrected chi connectivity index (χ2v) is 14.4. The maximum absolute atomic E-state index is 13.9. The smallest absolute Gasteiger partial charge is 0.324 e. The molecule has 4 aromatic carbocycles. The van der Waals surface area contributed by atoms with Gasteiger partial charge in [-0.1, -0.05) is 111 Å². The predicted octanol–water partition coefficient (Wildman–Crippen LogP) is 9.16. The van der Waals surface area contributed by atoms with E-state index in [1.807, 2.05) is 19.1 Å². The second-order valence-electron chi connectivity index (χ2n) is 11.9. The molecule has 4 aromatic rings. The summed E-state index contributed by atoms with van der Waals surface area (Å²) in [5, 5.41) is 3.40. The first-order valence-electron chi connectivity index (χ1n) is 16.6. The highest BCUT2D eigenvalue weighted by Crippen LogP contribution is 2.31. The standard InChI is InChI=1S/C38H42Cl2N4O5S/c1-4-6-12-24-44(38(47)43(3)34-25-29(22-23-33(34)40)41-36(45)17-7-5-2)26-27-18-20-28(21-19-27)30-13-9-11-16-35(30)50(48,49)42-37(46)31-14-8-10-15-32(31)39/h8-11,13-16,18-23,25H,4-7,12,17,24,26H2,1-3H3,(H,41,45)(H,42,46). The summed E-state index contributed by atoms with van der Waals surface area (Å²) in [6.45, 7) is 4.92. The maximum atomic E-state index is 13.9. The van der Waals surface area contributed by atoms with Crippen molar-refractivity contribution in [3.63, 3.8) is 0 Å². The lowest BCUT2D eigenvalue weighted by Gasteiger charge is -2.29. The van der Waals surface area contributed by atoms with Crippen LogP contribution < -0.4 is 14.9 Å². The van der Waals surface area contributed by atoms with Gasteiger partial charge in [0, 0.05) is 37.8 Å². The number of sulfonamides is 1. The zero-order chi connectivity index (χ0) is 36.3. The number of rotatable bonds is 15. The molecule has 0 fully saturated rings. The van der Waals surface area contributed by atoms with Gasteiger partial charge in [0.1, 0.15) is 0 Å². The molecular formula is C38H42Cl2N4O5S. The van der Waals surface area contributed by atoms with Gasteiger partial charge in [-0.2, -0.15) is 0 Å². The topological polar surface area (TPSA) is 116 Å². The highest BCUT2D eigenvalue weighted by Gasteiger charge is 2.25. The molecule has 0 aliphatic heterocycles. The van der Waals surface area contributed by atoms with Gasteiger partial charge in [0.05, 0.1) is 26.2 Å². The molecule has 0 unspecified atom stereocenters. The first-order chi connectivity index (χ1) is 23.9. The van der Waals surface area contributed by atoms with E-state index in [9.17, 15) is 22.8 Å². The Morgan fingerprint density at radius 3 is 2.16 bits per heavy atom. The molecule has 0 bridgehead atoms. The van der Waals surface area contributed by atoms with Crippen LogP contribution in [0, 0.1) is 0 Å². The molecule has 0 atom stereocenters. The van der Waals surface area contributed by atoms with E-state index >= 15 is 0 Å². The van der Waals surface area contributed by atoms with Crippen LogP contribution >= 0.6 is 23.2 Å². The SMILES string of the molecule is CCCCCN(Cc1ccc(-c2ccccc2S(=O)(=O)NC(=O)c2ccccc2Cl)cc1)C(=O)N(C)c1cc(NC(=O)CCCC)ccc1Cl. The van der Waals surface area contributed by atoms with Crippen LogP contribution in [0.2, 0.25) is 10.0 Å². The van der Waals surface area contributed by atoms with Gasteiger partial charge < -0.3 is 10.2 Å². The van der Waals surface area contributed by atoms with Crippen LogP contribution in [0.1, 0.15) is 68.3 Å². The highest BCUT2D eigenvalue weighted by molar-refractivity contribution is 7.90. The molecule has 0 radical (unpaired) electrons. The summed E-state index contributed by atoms with van der Waals surface area (Å²) in [4.78, 5) is 42.2. The molecule has 9 nitrogen and oxygen atoms in total. The summed E-state index contributed by atoms with van der Waals surface area (Å²) >= 11 is 12.7. The zero-order valence-electron chi connectivity index (χ0n) is 28.4. The third-order valence-electron chi connectivity index (χ3n) is 8.10. The van der Waals surface area contributed by atoms with Crippen LogP contribution in [0.5, 0.6) is 0 Å². The Balaban J connectivity index is 1.54. The van der Waals surface area contributed by atoms with Crippen molar-refractivity contribution in [3.8, 4) is 11.1 Å². The summed E-state index contributed by atoms with van der Waals surface area (Å²) in [7, 11) is -2.60. The average molecular weight is 738 g/mol. The van der Waals surface area contributed by atoms with Crippen molar-refractivity contribution >= 4 is 62.4 Å². The largest absolute Gasteiger partial charge is 0.326 e. The van der Waals surface area contributed by atoms with Crippen LogP contribution in [-0.2, 0) is 21.4 Å². The summed E-state index contributed by atoms with van der Waals surface area (Å²) < 4.78 is 28.9. The lowest BCUT2D eigenvalue weighted by atomic mass is 10.0. The Bertz CT molecular complexity index is 1920. The molecule has 0 saturated carbocycles. The van der Waals surface area contributed by atoms with Crippen LogP contribution in [0.25, 0.3) is 11.1 Å². The van der Waals surface area contributed by atoms with E-state index in [1.165, 1.54) is 23.1 Å². The Labute approximate surface area is 304 Å². The zero-order valence-corrected chi connectivity index (χ0v) is 30.7. The molecule has 0 aliphatic carbocycles. The van der Waals surface area contributed by atoms with Crippen molar-refractivity contribution < 1.29 is 22.8 Å². The van der Waals surface area contributed by atoms with Crippen molar-refractivity contribution in [1.82, 2.24) is 9.62 Å². The summed E-state index contributed by atoms with van der Waals surface area (Å²) in [6.07, 6.45) is 4.85. The van der Waals surface area contributed by atoms with Gasteiger partial charge in [-0.3, -0.25) is 14.5 Å². The number of benzene rings is 4. The molecule has 0 saturated heterocycles. The molecule has 0 heterocycles. The van der Waals surface area contributed by atoms with Gasteiger partial charge in [0.25, 0.3) is 15.9 Å². The number of nitrogens with one attached hydrogen (secondary N) is 2. The van der Waals surface area contributed by atoms with Crippen LogP contribution in [0.15, 0.2) is 95.9 Å². The Morgan fingerprint density at radius 1 is 0.780 bits per heavy atom. The van der Waals surface area contributed by atoms with Crippen LogP contribution in [0.4, 0.5) is 16.2 Å². The second kappa shape index (κ2) is 18.0. The van der Waals surface area contributed by atoms with Gasteiger partial charge in [-0.15, -0.1) is 0 Å². The van der Waals surface area contributed by atoms with Gasteiger partial charge in [-0.05, 0) is 60.4 Å². The molecule has 264 valence electrons. The minimum Gasteiger partial charge on any atom is -0.326 e. The normalized spacial score (nSPS) is 11.1. The van der Waals surface area contributed by atoms with Crippen molar-refractivity contribution in [2.45, 2.75) is 63.8 Å². The fourth-order valence-corrected chi connectivity index (χ4v) is 7.01. The molecular weight excluding hydrogens is 695 g/mol. The monoisotopic (exact) mass is 736 g/mol. The highest BCUT2D eigenvalue weighted by atomic mass is 35.5. The number of hydrogen-bond acceptors (Lipinski definition) is 5. The maximum Gasteiger partial charge on any atom is 0.324 e. The number of nitrogens with zero attached hydrogens (tertiary/aromatic N) is 2. The van der Waals surface area contributed by atoms with E-state index in [2.05, 4.69) is 17.0 Å². The van der Waals surface area contributed by atoms with Crippen molar-refractivity contribution in [3.05, 3.63) is 112 Å². The number of anilines is 2. The minimum absolute atomic E-state index is 0.0485. The van der Waals surface area contributed by atoms with Gasteiger partial charge >= 0.3 is 6.03 Å². The number of carbonyl (C=O) groups excluding carboxylic acids is 3. The van der Waals surface area contributed by atoms with E-state index in [1.54, 1.807) is 72.6 Å². The fourth-order valence-electron chi connectivity index (χ4n) is 5.35. The molecule has 50 heavy (non-hydrogen) atoms. The third kappa shape index (κ3) is 10.1. The fraction of sp³-hybridized carbons (Fsp3) is 0.289. The van der Waals surface area contributed by atoms with E-state index < -0.39 is 15.9 Å². The number of urea groups is 1. The van der Waals surface area contributed by atoms with E-state index in [-0.39, 0.29) is 27.4 Å². The van der Waals surface area contributed by atoms with Crippen LogP contribution in [-0.4, -0.2) is 44.8 Å². The number of amides is 4. The van der Waals surface area contributed by atoms with E-state index in [0.29, 0.717) is 47.0 Å². The number of unbranched alkanes of at least 4 members (excludes halogenated alkanes) is 3. The first kappa shape index (κ1) is 38.4. The number of carbonyl (C=O) groups is 3. The van der Waals surface area contributed by atoms with Crippen LogP contribution in [0.3, 0.4) is 0 Å². The summed E-state index contributed by atoms with van der Waals surface area (Å²) in [6, 6.07) is 24.7. The van der Waals surface area contributed by atoms with E-state index in [0.717, 1.165) is 37.7 Å². The quantitative estimate of drug-likeness (QED) is 0.118. The average Bonchev–Trinajstić information content (AvgIpc) is 3.11. The lowest BCUT2D eigenvalue weighted by Crippen LogP contribution is -2.41. The molecule has 12 heteroatoms. The molecule has 0 spiro atoms.